The Kier molecular flexibility index (Phi) is 8.10. The molecule has 1 aliphatic heterocycles. The average molecular weight is 461 g/mol. The van der Waals surface area contributed by atoms with Crippen molar-refractivity contribution in [1.29, 1.82) is 0 Å². The summed E-state index contributed by atoms with van der Waals surface area (Å²) in [6, 6.07) is 7.33. The van der Waals surface area contributed by atoms with Crippen LogP contribution in [0.25, 0.3) is 0 Å². The number of hydrogen-bond acceptors (Lipinski definition) is 7. The van der Waals surface area contributed by atoms with E-state index in [0.29, 0.717) is 43.3 Å². The number of carbonyl (C=O) groups excluding carboxylic acids is 3. The molecule has 2 amide bonds. The third-order valence-corrected chi connectivity index (χ3v) is 6.05. The summed E-state index contributed by atoms with van der Waals surface area (Å²) in [5, 5.41) is 3.33. The van der Waals surface area contributed by atoms with Crippen LogP contribution in [0.5, 0.6) is 5.75 Å². The third kappa shape index (κ3) is 5.59. The zero-order valence-electron chi connectivity index (χ0n) is 18.6. The van der Waals surface area contributed by atoms with Crippen LogP contribution in [0.3, 0.4) is 0 Å². The minimum absolute atomic E-state index is 0.159. The highest BCUT2D eigenvalue weighted by atomic mass is 32.1. The highest BCUT2D eigenvalue weighted by molar-refractivity contribution is 7.17. The molecule has 0 spiro atoms. The number of rotatable bonds is 8. The molecule has 0 unspecified atom stereocenters. The van der Waals surface area contributed by atoms with Crippen LogP contribution >= 0.6 is 11.3 Å². The molecule has 0 fully saturated rings. The number of ether oxygens (including phenoxy) is 3. The van der Waals surface area contributed by atoms with Gasteiger partial charge >= 0.3 is 12.1 Å². The SMILES string of the molecule is CCOC(=O)c1c(NC(=O)Cc2ccc(OCC)cc2)sc2c1CCN(C(=O)OCC)C2. The van der Waals surface area contributed by atoms with E-state index < -0.39 is 5.97 Å². The Balaban J connectivity index is 1.78. The number of thiophene rings is 1. The summed E-state index contributed by atoms with van der Waals surface area (Å²) >= 11 is 1.30. The Bertz CT molecular complexity index is 970. The first-order chi connectivity index (χ1) is 15.5. The lowest BCUT2D eigenvalue weighted by Gasteiger charge is -2.26. The van der Waals surface area contributed by atoms with Crippen molar-refractivity contribution in [2.24, 2.45) is 0 Å². The first-order valence-corrected chi connectivity index (χ1v) is 11.5. The van der Waals surface area contributed by atoms with Crippen molar-refractivity contribution in [1.82, 2.24) is 4.90 Å². The molecule has 1 aliphatic rings. The normalized spacial score (nSPS) is 12.7. The molecule has 0 saturated heterocycles. The van der Waals surface area contributed by atoms with Crippen LogP contribution < -0.4 is 10.1 Å². The fraction of sp³-hybridized carbons (Fsp3) is 0.435. The Morgan fingerprint density at radius 2 is 1.75 bits per heavy atom. The number of esters is 1. The summed E-state index contributed by atoms with van der Waals surface area (Å²) in [6.07, 6.45) is 0.269. The second-order valence-corrected chi connectivity index (χ2v) is 8.21. The molecule has 0 radical (unpaired) electrons. The fourth-order valence-electron chi connectivity index (χ4n) is 3.51. The predicted octanol–water partition coefficient (Wildman–Crippen LogP) is 4.02. The maximum atomic E-state index is 12.7. The average Bonchev–Trinajstić information content (AvgIpc) is 3.12. The Hall–Kier alpha value is -3.07. The van der Waals surface area contributed by atoms with Crippen LogP contribution in [0.1, 0.15) is 47.1 Å². The summed E-state index contributed by atoms with van der Waals surface area (Å²) < 4.78 is 15.8. The van der Waals surface area contributed by atoms with Crippen LogP contribution in [-0.2, 0) is 33.7 Å². The molecule has 172 valence electrons. The van der Waals surface area contributed by atoms with Crippen LogP contribution in [0.4, 0.5) is 9.80 Å². The van der Waals surface area contributed by atoms with Gasteiger partial charge in [0.2, 0.25) is 5.91 Å². The summed E-state index contributed by atoms with van der Waals surface area (Å²) in [7, 11) is 0. The minimum Gasteiger partial charge on any atom is -0.494 e. The monoisotopic (exact) mass is 460 g/mol. The zero-order valence-corrected chi connectivity index (χ0v) is 19.4. The maximum Gasteiger partial charge on any atom is 0.410 e. The number of nitrogens with zero attached hydrogens (tertiary/aromatic N) is 1. The van der Waals surface area contributed by atoms with Gasteiger partial charge in [-0.15, -0.1) is 11.3 Å². The predicted molar refractivity (Wildman–Crippen MR) is 121 cm³/mol. The molecule has 9 heteroatoms. The molecule has 1 N–H and O–H groups in total. The van der Waals surface area contributed by atoms with Crippen molar-refractivity contribution in [3.05, 3.63) is 45.8 Å². The van der Waals surface area contributed by atoms with Crippen molar-refractivity contribution in [2.45, 2.75) is 40.2 Å². The van der Waals surface area contributed by atoms with Crippen molar-refractivity contribution in [3.63, 3.8) is 0 Å². The molecule has 0 aliphatic carbocycles. The van der Waals surface area contributed by atoms with Gasteiger partial charge in [0.1, 0.15) is 10.8 Å². The molecule has 0 atom stereocenters. The second-order valence-electron chi connectivity index (χ2n) is 7.10. The van der Waals surface area contributed by atoms with E-state index in [1.165, 1.54) is 11.3 Å². The number of carbonyl (C=O) groups is 3. The van der Waals surface area contributed by atoms with E-state index >= 15 is 0 Å². The van der Waals surface area contributed by atoms with Crippen LogP contribution in [-0.4, -0.2) is 49.2 Å². The quantitative estimate of drug-likeness (QED) is 0.598. The second kappa shape index (κ2) is 11.0. The molecule has 2 heterocycles. The smallest absolute Gasteiger partial charge is 0.410 e. The molecule has 0 saturated carbocycles. The molecular formula is C23H28N2O6S. The number of hydrogen-bond donors (Lipinski definition) is 1. The van der Waals surface area contributed by atoms with Gasteiger partial charge in [0.15, 0.2) is 0 Å². The Morgan fingerprint density at radius 1 is 1.03 bits per heavy atom. The molecule has 32 heavy (non-hydrogen) atoms. The van der Waals surface area contributed by atoms with Gasteiger partial charge in [-0.05, 0) is 50.5 Å². The van der Waals surface area contributed by atoms with E-state index in [-0.39, 0.29) is 25.0 Å². The Morgan fingerprint density at radius 3 is 2.41 bits per heavy atom. The van der Waals surface area contributed by atoms with Gasteiger partial charge in [-0.25, -0.2) is 9.59 Å². The maximum absolute atomic E-state index is 12.7. The topological polar surface area (TPSA) is 94.2 Å². The molecule has 1 aromatic carbocycles. The van der Waals surface area contributed by atoms with E-state index in [2.05, 4.69) is 5.32 Å². The third-order valence-electron chi connectivity index (χ3n) is 4.91. The largest absolute Gasteiger partial charge is 0.494 e. The fourth-order valence-corrected chi connectivity index (χ4v) is 4.78. The molecule has 1 aromatic heterocycles. The standard InChI is InChI=1S/C23H28N2O6S/c1-4-29-16-9-7-15(8-10-16)13-19(26)24-21-20(22(27)30-5-2)17-11-12-25(14-18(17)32-21)23(28)31-6-3/h7-10H,4-6,11-14H2,1-3H3,(H,24,26). The van der Waals surface area contributed by atoms with Gasteiger partial charge < -0.3 is 24.4 Å². The number of benzene rings is 1. The molecule has 0 bridgehead atoms. The van der Waals surface area contributed by atoms with Gasteiger partial charge in [-0.1, -0.05) is 12.1 Å². The molecular weight excluding hydrogens is 432 g/mol. The lowest BCUT2D eigenvalue weighted by Crippen LogP contribution is -2.36. The first kappa shape index (κ1) is 23.6. The van der Waals surface area contributed by atoms with Gasteiger partial charge in [0, 0.05) is 11.4 Å². The van der Waals surface area contributed by atoms with Crippen molar-refractivity contribution in [3.8, 4) is 5.75 Å². The van der Waals surface area contributed by atoms with Crippen LogP contribution in [0.2, 0.25) is 0 Å². The number of nitrogens with one attached hydrogen (secondary N) is 1. The van der Waals surface area contributed by atoms with Gasteiger partial charge in [-0.2, -0.15) is 0 Å². The first-order valence-electron chi connectivity index (χ1n) is 10.7. The van der Waals surface area contributed by atoms with E-state index in [1.54, 1.807) is 18.7 Å². The summed E-state index contributed by atoms with van der Waals surface area (Å²) in [5.41, 5.74) is 2.04. The highest BCUT2D eigenvalue weighted by Gasteiger charge is 2.31. The zero-order chi connectivity index (χ0) is 23.1. The van der Waals surface area contributed by atoms with Crippen LogP contribution in [0, 0.1) is 0 Å². The highest BCUT2D eigenvalue weighted by Crippen LogP contribution is 2.38. The van der Waals surface area contributed by atoms with Gasteiger partial charge in [-0.3, -0.25) is 4.79 Å². The van der Waals surface area contributed by atoms with Gasteiger partial charge in [0.05, 0.1) is 38.3 Å². The summed E-state index contributed by atoms with van der Waals surface area (Å²) in [6.45, 7) is 7.29. The number of anilines is 1. The molecule has 8 nitrogen and oxygen atoms in total. The summed E-state index contributed by atoms with van der Waals surface area (Å²) in [4.78, 5) is 40.0. The van der Waals surface area contributed by atoms with E-state index in [1.807, 2.05) is 31.2 Å². The van der Waals surface area contributed by atoms with E-state index in [4.69, 9.17) is 14.2 Å². The minimum atomic E-state index is -0.467. The van der Waals surface area contributed by atoms with Gasteiger partial charge in [0.25, 0.3) is 0 Å². The Labute approximate surface area is 191 Å². The molecule has 2 aromatic rings. The van der Waals surface area contributed by atoms with Crippen molar-refractivity contribution in [2.75, 3.05) is 31.7 Å². The van der Waals surface area contributed by atoms with Crippen molar-refractivity contribution < 1.29 is 28.6 Å². The number of amides is 2. The van der Waals surface area contributed by atoms with Crippen molar-refractivity contribution >= 4 is 34.3 Å². The van der Waals surface area contributed by atoms with Crippen LogP contribution in [0.15, 0.2) is 24.3 Å². The lowest BCUT2D eigenvalue weighted by atomic mass is 10.0. The lowest BCUT2D eigenvalue weighted by molar-refractivity contribution is -0.115. The van der Waals surface area contributed by atoms with E-state index in [0.717, 1.165) is 21.8 Å². The summed E-state index contributed by atoms with van der Waals surface area (Å²) in [5.74, 6) is 0.0462. The molecule has 3 rings (SSSR count). The van der Waals surface area contributed by atoms with E-state index in [9.17, 15) is 14.4 Å². The number of fused-ring (bicyclic) bond motifs is 1.